The van der Waals surface area contributed by atoms with E-state index in [0.717, 1.165) is 13.0 Å². The molecular weight excluding hydrogens is 178 g/mol. The molecule has 1 aromatic rings. The maximum atomic E-state index is 5.68. The van der Waals surface area contributed by atoms with E-state index in [1.54, 1.807) is 0 Å². The van der Waals surface area contributed by atoms with Gasteiger partial charge in [-0.25, -0.2) is 0 Å². The minimum absolute atomic E-state index is 0.350. The summed E-state index contributed by atoms with van der Waals surface area (Å²) in [6.45, 7) is 5.32. The monoisotopic (exact) mass is 197 g/mol. The Morgan fingerprint density at radius 2 is 2.08 bits per heavy atom. The van der Waals surface area contributed by atoms with Gasteiger partial charge < -0.3 is 5.73 Å². The van der Waals surface area contributed by atoms with Crippen LogP contribution in [0, 0.1) is 0 Å². The molecule has 0 radical (unpaired) electrons. The van der Waals surface area contributed by atoms with Gasteiger partial charge in [0.1, 0.15) is 0 Å². The summed E-state index contributed by atoms with van der Waals surface area (Å²) in [5.41, 5.74) is 6.03. The van der Waals surface area contributed by atoms with Crippen LogP contribution < -0.4 is 5.73 Å². The molecule has 1 aromatic heterocycles. The second kappa shape index (κ2) is 4.77. The third-order valence-corrected chi connectivity index (χ3v) is 4.14. The first-order valence-corrected chi connectivity index (χ1v) is 5.91. The van der Waals surface area contributed by atoms with E-state index < -0.39 is 0 Å². The minimum Gasteiger partial charge on any atom is -0.330 e. The van der Waals surface area contributed by atoms with Gasteiger partial charge in [0.05, 0.1) is 0 Å². The van der Waals surface area contributed by atoms with E-state index in [0.29, 0.717) is 5.41 Å². The zero-order chi connectivity index (χ0) is 9.73. The molecule has 1 heterocycles. The van der Waals surface area contributed by atoms with Crippen molar-refractivity contribution < 1.29 is 0 Å². The van der Waals surface area contributed by atoms with Crippen molar-refractivity contribution in [1.29, 1.82) is 0 Å². The van der Waals surface area contributed by atoms with Crippen molar-refractivity contribution in [1.82, 2.24) is 0 Å². The SMILES string of the molecule is CCC(CC)(CCN)c1cccs1. The van der Waals surface area contributed by atoms with Gasteiger partial charge in [0, 0.05) is 10.3 Å². The second-order valence-corrected chi connectivity index (χ2v) is 4.45. The second-order valence-electron chi connectivity index (χ2n) is 3.50. The topological polar surface area (TPSA) is 26.0 Å². The van der Waals surface area contributed by atoms with Crippen molar-refractivity contribution in [2.24, 2.45) is 5.73 Å². The van der Waals surface area contributed by atoms with Crippen LogP contribution >= 0.6 is 11.3 Å². The molecule has 74 valence electrons. The molecule has 0 amide bonds. The highest BCUT2D eigenvalue weighted by Gasteiger charge is 2.28. The normalized spacial score (nSPS) is 11.9. The lowest BCUT2D eigenvalue weighted by atomic mass is 9.78. The molecule has 0 spiro atoms. The molecule has 13 heavy (non-hydrogen) atoms. The Balaban J connectivity index is 2.89. The van der Waals surface area contributed by atoms with Crippen LogP contribution in [0.5, 0.6) is 0 Å². The summed E-state index contributed by atoms with van der Waals surface area (Å²) < 4.78 is 0. The lowest BCUT2D eigenvalue weighted by molar-refractivity contribution is 0.378. The molecule has 1 nitrogen and oxygen atoms in total. The van der Waals surface area contributed by atoms with Crippen molar-refractivity contribution in [3.05, 3.63) is 22.4 Å². The average Bonchev–Trinajstić information content (AvgIpc) is 2.68. The molecule has 0 fully saturated rings. The molecule has 0 aliphatic rings. The number of thiophene rings is 1. The minimum atomic E-state index is 0.350. The zero-order valence-corrected chi connectivity index (χ0v) is 9.36. The average molecular weight is 197 g/mol. The summed E-state index contributed by atoms with van der Waals surface area (Å²) in [4.78, 5) is 1.50. The van der Waals surface area contributed by atoms with Crippen molar-refractivity contribution >= 4 is 11.3 Å². The number of hydrogen-bond acceptors (Lipinski definition) is 2. The van der Waals surface area contributed by atoms with E-state index >= 15 is 0 Å². The van der Waals surface area contributed by atoms with Crippen LogP contribution in [0.15, 0.2) is 17.5 Å². The molecule has 1 rings (SSSR count). The van der Waals surface area contributed by atoms with Crippen molar-refractivity contribution in [2.45, 2.75) is 38.5 Å². The van der Waals surface area contributed by atoms with E-state index in [2.05, 4.69) is 31.4 Å². The van der Waals surface area contributed by atoms with Crippen LogP contribution in [0.1, 0.15) is 38.0 Å². The standard InChI is InChI=1S/C11H19NS/c1-3-11(4-2,7-8-12)10-6-5-9-13-10/h5-6,9H,3-4,7-8,12H2,1-2H3. The fourth-order valence-corrected chi connectivity index (χ4v) is 3.03. The number of hydrogen-bond donors (Lipinski definition) is 1. The van der Waals surface area contributed by atoms with Gasteiger partial charge in [0.25, 0.3) is 0 Å². The van der Waals surface area contributed by atoms with Gasteiger partial charge in [-0.1, -0.05) is 19.9 Å². The van der Waals surface area contributed by atoms with Crippen LogP contribution in [0.25, 0.3) is 0 Å². The maximum Gasteiger partial charge on any atom is 0.0107 e. The van der Waals surface area contributed by atoms with Gasteiger partial charge in [-0.15, -0.1) is 11.3 Å². The summed E-state index contributed by atoms with van der Waals surface area (Å²) >= 11 is 1.86. The third kappa shape index (κ3) is 2.12. The summed E-state index contributed by atoms with van der Waals surface area (Å²) in [6, 6.07) is 4.38. The molecule has 0 aliphatic heterocycles. The van der Waals surface area contributed by atoms with Gasteiger partial charge in [-0.3, -0.25) is 0 Å². The summed E-state index contributed by atoms with van der Waals surface area (Å²) in [5.74, 6) is 0. The molecule has 0 saturated carbocycles. The van der Waals surface area contributed by atoms with E-state index in [1.807, 2.05) is 11.3 Å². The Labute approximate surface area is 85.0 Å². The Morgan fingerprint density at radius 3 is 2.46 bits per heavy atom. The third-order valence-electron chi connectivity index (χ3n) is 3.02. The highest BCUT2D eigenvalue weighted by atomic mass is 32.1. The predicted octanol–water partition coefficient (Wildman–Crippen LogP) is 3.15. The first-order valence-electron chi connectivity index (χ1n) is 5.03. The fraction of sp³-hybridized carbons (Fsp3) is 0.636. The van der Waals surface area contributed by atoms with Gasteiger partial charge in [-0.05, 0) is 37.3 Å². The largest absolute Gasteiger partial charge is 0.330 e. The van der Waals surface area contributed by atoms with E-state index in [9.17, 15) is 0 Å². The first-order chi connectivity index (χ1) is 6.29. The highest BCUT2D eigenvalue weighted by molar-refractivity contribution is 7.10. The number of rotatable bonds is 5. The Kier molecular flexibility index (Phi) is 3.94. The predicted molar refractivity (Wildman–Crippen MR) is 60.3 cm³/mol. The van der Waals surface area contributed by atoms with E-state index in [1.165, 1.54) is 17.7 Å². The Hall–Kier alpha value is -0.340. The first kappa shape index (κ1) is 10.7. The fourth-order valence-electron chi connectivity index (χ4n) is 1.93. The molecule has 2 N–H and O–H groups in total. The lowest BCUT2D eigenvalue weighted by Crippen LogP contribution is -2.26. The quantitative estimate of drug-likeness (QED) is 0.771. The van der Waals surface area contributed by atoms with Gasteiger partial charge in [-0.2, -0.15) is 0 Å². The molecule has 0 aromatic carbocycles. The Bertz CT molecular complexity index is 224. The van der Waals surface area contributed by atoms with Crippen LogP contribution in [0.4, 0.5) is 0 Å². The van der Waals surface area contributed by atoms with Crippen molar-refractivity contribution in [3.63, 3.8) is 0 Å². The number of nitrogens with two attached hydrogens (primary N) is 1. The Morgan fingerprint density at radius 1 is 1.38 bits per heavy atom. The summed E-state index contributed by atoms with van der Waals surface area (Å²) in [7, 11) is 0. The molecule has 0 atom stereocenters. The van der Waals surface area contributed by atoms with Gasteiger partial charge in [0.2, 0.25) is 0 Å². The zero-order valence-electron chi connectivity index (χ0n) is 8.55. The summed E-state index contributed by atoms with van der Waals surface area (Å²) in [5, 5.41) is 2.16. The van der Waals surface area contributed by atoms with Crippen LogP contribution in [0.3, 0.4) is 0 Å². The summed E-state index contributed by atoms with van der Waals surface area (Å²) in [6.07, 6.45) is 3.50. The van der Waals surface area contributed by atoms with Gasteiger partial charge >= 0.3 is 0 Å². The van der Waals surface area contributed by atoms with Crippen molar-refractivity contribution in [3.8, 4) is 0 Å². The van der Waals surface area contributed by atoms with E-state index in [-0.39, 0.29) is 0 Å². The van der Waals surface area contributed by atoms with Gasteiger partial charge in [0.15, 0.2) is 0 Å². The van der Waals surface area contributed by atoms with Crippen molar-refractivity contribution in [2.75, 3.05) is 6.54 Å². The highest BCUT2D eigenvalue weighted by Crippen LogP contribution is 2.37. The molecule has 0 unspecified atom stereocenters. The van der Waals surface area contributed by atoms with E-state index in [4.69, 9.17) is 5.73 Å². The molecule has 0 bridgehead atoms. The maximum absolute atomic E-state index is 5.68. The molecule has 0 aliphatic carbocycles. The molecule has 0 saturated heterocycles. The molecule has 2 heteroatoms. The lowest BCUT2D eigenvalue weighted by Gasteiger charge is -2.30. The van der Waals surface area contributed by atoms with Crippen LogP contribution in [-0.4, -0.2) is 6.54 Å². The molecular formula is C11H19NS. The smallest absolute Gasteiger partial charge is 0.0107 e. The van der Waals surface area contributed by atoms with Crippen LogP contribution in [-0.2, 0) is 5.41 Å². The van der Waals surface area contributed by atoms with Crippen LogP contribution in [0.2, 0.25) is 0 Å².